The zero-order valence-corrected chi connectivity index (χ0v) is 12.0. The van der Waals surface area contributed by atoms with Gasteiger partial charge in [-0.25, -0.2) is 0 Å². The molecule has 0 radical (unpaired) electrons. The first kappa shape index (κ1) is 15.0. The monoisotopic (exact) mass is 256 g/mol. The molecule has 18 heavy (non-hydrogen) atoms. The summed E-state index contributed by atoms with van der Waals surface area (Å²) in [5, 5.41) is 2.86. The first-order chi connectivity index (χ1) is 8.14. The number of carbonyl (C=O) groups is 2. The van der Waals surface area contributed by atoms with Crippen molar-refractivity contribution < 1.29 is 14.3 Å². The van der Waals surface area contributed by atoms with Crippen LogP contribution in [0.3, 0.4) is 0 Å². The second kappa shape index (κ2) is 5.26. The highest BCUT2D eigenvalue weighted by Crippen LogP contribution is 2.21. The number of rotatable bonds is 2. The van der Waals surface area contributed by atoms with Crippen LogP contribution in [0, 0.1) is 5.41 Å². The Labute approximate surface area is 109 Å². The van der Waals surface area contributed by atoms with Crippen molar-refractivity contribution >= 4 is 11.8 Å². The summed E-state index contributed by atoms with van der Waals surface area (Å²) in [6.07, 6.45) is 0. The molecular weight excluding hydrogens is 232 g/mol. The van der Waals surface area contributed by atoms with Crippen molar-refractivity contribution in [3.63, 3.8) is 0 Å². The number of amides is 2. The van der Waals surface area contributed by atoms with E-state index < -0.39 is 5.41 Å². The molecule has 1 N–H and O–H groups in total. The van der Waals surface area contributed by atoms with Gasteiger partial charge in [0.15, 0.2) is 0 Å². The van der Waals surface area contributed by atoms with Gasteiger partial charge in [-0.15, -0.1) is 0 Å². The third kappa shape index (κ3) is 3.70. The Morgan fingerprint density at radius 3 is 2.00 bits per heavy atom. The van der Waals surface area contributed by atoms with Crippen LogP contribution in [0.25, 0.3) is 0 Å². The molecule has 0 saturated carbocycles. The largest absolute Gasteiger partial charge is 0.378 e. The molecule has 0 atom stereocenters. The summed E-state index contributed by atoms with van der Waals surface area (Å²) in [5.41, 5.74) is -1.37. The Balaban J connectivity index is 2.72. The molecule has 1 heterocycles. The number of carbonyl (C=O) groups excluding carboxylic acids is 2. The zero-order chi connectivity index (χ0) is 14.0. The first-order valence-electron chi connectivity index (χ1n) is 6.34. The zero-order valence-electron chi connectivity index (χ0n) is 12.0. The third-order valence-electron chi connectivity index (χ3n) is 2.89. The van der Waals surface area contributed by atoms with Crippen LogP contribution in [0.5, 0.6) is 0 Å². The van der Waals surface area contributed by atoms with Gasteiger partial charge in [0.1, 0.15) is 5.41 Å². The Morgan fingerprint density at radius 1 is 1.06 bits per heavy atom. The van der Waals surface area contributed by atoms with Crippen molar-refractivity contribution in [3.05, 3.63) is 0 Å². The minimum Gasteiger partial charge on any atom is -0.378 e. The standard InChI is InChI=1S/C13H24N2O3/c1-12(2,3)14-10(16)13(4,5)11(17)15-6-8-18-9-7-15/h6-9H2,1-5H3,(H,14,16). The van der Waals surface area contributed by atoms with Gasteiger partial charge in [0.25, 0.3) is 0 Å². The molecule has 1 aliphatic heterocycles. The maximum absolute atomic E-state index is 12.4. The van der Waals surface area contributed by atoms with Crippen molar-refractivity contribution in [2.24, 2.45) is 5.41 Å². The van der Waals surface area contributed by atoms with Crippen LogP contribution in [0.2, 0.25) is 0 Å². The Morgan fingerprint density at radius 2 is 1.56 bits per heavy atom. The van der Waals surface area contributed by atoms with Crippen LogP contribution < -0.4 is 5.32 Å². The van der Waals surface area contributed by atoms with Gasteiger partial charge in [0, 0.05) is 18.6 Å². The number of ether oxygens (including phenoxy) is 1. The lowest BCUT2D eigenvalue weighted by Crippen LogP contribution is -2.55. The number of nitrogens with one attached hydrogen (secondary N) is 1. The molecular formula is C13H24N2O3. The highest BCUT2D eigenvalue weighted by atomic mass is 16.5. The molecule has 5 nitrogen and oxygen atoms in total. The number of hydrogen-bond donors (Lipinski definition) is 1. The SMILES string of the molecule is CC(C)(C)NC(=O)C(C)(C)C(=O)N1CCOCC1. The third-order valence-corrected chi connectivity index (χ3v) is 2.89. The Hall–Kier alpha value is -1.10. The predicted molar refractivity (Wildman–Crippen MR) is 69.1 cm³/mol. The van der Waals surface area contributed by atoms with Gasteiger partial charge in [-0.05, 0) is 34.6 Å². The first-order valence-corrected chi connectivity index (χ1v) is 6.34. The van der Waals surface area contributed by atoms with Crippen molar-refractivity contribution in [2.75, 3.05) is 26.3 Å². The average molecular weight is 256 g/mol. The van der Waals surface area contributed by atoms with Gasteiger partial charge in [0.2, 0.25) is 11.8 Å². The van der Waals surface area contributed by atoms with E-state index in [4.69, 9.17) is 4.74 Å². The van der Waals surface area contributed by atoms with E-state index >= 15 is 0 Å². The number of nitrogens with zero attached hydrogens (tertiary/aromatic N) is 1. The number of morpholine rings is 1. The van der Waals surface area contributed by atoms with Crippen molar-refractivity contribution in [1.82, 2.24) is 10.2 Å². The topological polar surface area (TPSA) is 58.6 Å². The highest BCUT2D eigenvalue weighted by Gasteiger charge is 2.40. The second-order valence-electron chi connectivity index (χ2n) is 6.23. The average Bonchev–Trinajstić information content (AvgIpc) is 2.27. The van der Waals surface area contributed by atoms with Gasteiger partial charge in [0.05, 0.1) is 13.2 Å². The van der Waals surface area contributed by atoms with Gasteiger partial charge in [-0.2, -0.15) is 0 Å². The maximum atomic E-state index is 12.4. The van der Waals surface area contributed by atoms with Crippen LogP contribution >= 0.6 is 0 Å². The van der Waals surface area contributed by atoms with Crippen LogP contribution in [-0.4, -0.2) is 48.6 Å². The van der Waals surface area contributed by atoms with E-state index in [9.17, 15) is 9.59 Å². The number of hydrogen-bond acceptors (Lipinski definition) is 3. The molecule has 0 aliphatic carbocycles. The Bertz CT molecular complexity index is 326. The molecule has 2 amide bonds. The lowest BCUT2D eigenvalue weighted by atomic mass is 9.89. The molecule has 0 unspecified atom stereocenters. The summed E-state index contributed by atoms with van der Waals surface area (Å²) in [6.45, 7) is 11.3. The molecule has 0 aromatic carbocycles. The summed E-state index contributed by atoms with van der Waals surface area (Å²) in [6, 6.07) is 0. The van der Waals surface area contributed by atoms with E-state index in [1.807, 2.05) is 20.8 Å². The van der Waals surface area contributed by atoms with Crippen molar-refractivity contribution in [1.29, 1.82) is 0 Å². The minimum absolute atomic E-state index is 0.132. The van der Waals surface area contributed by atoms with Crippen molar-refractivity contribution in [3.8, 4) is 0 Å². The quantitative estimate of drug-likeness (QED) is 0.743. The Kier molecular flexibility index (Phi) is 4.37. The molecule has 0 spiro atoms. The van der Waals surface area contributed by atoms with Gasteiger partial charge in [-0.3, -0.25) is 9.59 Å². The summed E-state index contributed by atoms with van der Waals surface area (Å²) < 4.78 is 5.21. The summed E-state index contributed by atoms with van der Waals surface area (Å²) in [5.74, 6) is -0.362. The van der Waals surface area contributed by atoms with E-state index in [1.54, 1.807) is 18.7 Å². The molecule has 5 heteroatoms. The smallest absolute Gasteiger partial charge is 0.237 e. The lowest BCUT2D eigenvalue weighted by molar-refractivity contribution is -0.152. The van der Waals surface area contributed by atoms with Crippen LogP contribution in [-0.2, 0) is 14.3 Å². The van der Waals surface area contributed by atoms with Gasteiger partial charge >= 0.3 is 0 Å². The molecule has 1 aliphatic rings. The van der Waals surface area contributed by atoms with E-state index in [2.05, 4.69) is 5.32 Å². The molecule has 1 rings (SSSR count). The summed E-state index contributed by atoms with van der Waals surface area (Å²) >= 11 is 0. The van der Waals surface area contributed by atoms with E-state index in [0.29, 0.717) is 26.3 Å². The van der Waals surface area contributed by atoms with Gasteiger partial charge < -0.3 is 15.0 Å². The lowest BCUT2D eigenvalue weighted by Gasteiger charge is -2.35. The minimum atomic E-state index is -1.04. The van der Waals surface area contributed by atoms with Crippen molar-refractivity contribution in [2.45, 2.75) is 40.2 Å². The molecule has 1 fully saturated rings. The molecule has 1 saturated heterocycles. The maximum Gasteiger partial charge on any atom is 0.237 e. The van der Waals surface area contributed by atoms with E-state index in [0.717, 1.165) is 0 Å². The molecule has 104 valence electrons. The van der Waals surface area contributed by atoms with E-state index in [-0.39, 0.29) is 17.4 Å². The fourth-order valence-electron chi connectivity index (χ4n) is 1.76. The predicted octanol–water partition coefficient (Wildman–Crippen LogP) is 0.786. The second-order valence-corrected chi connectivity index (χ2v) is 6.23. The normalized spacial score (nSPS) is 17.5. The summed E-state index contributed by atoms with van der Waals surface area (Å²) in [7, 11) is 0. The summed E-state index contributed by atoms with van der Waals surface area (Å²) in [4.78, 5) is 26.2. The van der Waals surface area contributed by atoms with Gasteiger partial charge in [-0.1, -0.05) is 0 Å². The van der Waals surface area contributed by atoms with E-state index in [1.165, 1.54) is 0 Å². The fourth-order valence-corrected chi connectivity index (χ4v) is 1.76. The molecule has 0 aromatic heterocycles. The fraction of sp³-hybridized carbons (Fsp3) is 0.846. The molecule has 0 bridgehead atoms. The van der Waals surface area contributed by atoms with Crippen LogP contribution in [0.1, 0.15) is 34.6 Å². The van der Waals surface area contributed by atoms with Crippen LogP contribution in [0.4, 0.5) is 0 Å². The van der Waals surface area contributed by atoms with Crippen LogP contribution in [0.15, 0.2) is 0 Å². The molecule has 0 aromatic rings. The highest BCUT2D eigenvalue weighted by molar-refractivity contribution is 6.04.